The van der Waals surface area contributed by atoms with Crippen LogP contribution in [0.15, 0.2) is 18.3 Å². The van der Waals surface area contributed by atoms with Crippen LogP contribution in [0.2, 0.25) is 0 Å². The second kappa shape index (κ2) is 7.37. The highest BCUT2D eigenvalue weighted by molar-refractivity contribution is 5.41. The van der Waals surface area contributed by atoms with Crippen molar-refractivity contribution in [3.8, 4) is 0 Å². The molecule has 1 aromatic heterocycles. The van der Waals surface area contributed by atoms with Gasteiger partial charge in [0.15, 0.2) is 0 Å². The zero-order valence-corrected chi connectivity index (χ0v) is 12.4. The quantitative estimate of drug-likeness (QED) is 0.753. The van der Waals surface area contributed by atoms with Crippen molar-refractivity contribution in [2.45, 2.75) is 46.7 Å². The SMILES string of the molecule is CCCNCc1ccnc(N(C)C(C)C(C)C)c1. The fourth-order valence-electron chi connectivity index (χ4n) is 1.83. The monoisotopic (exact) mass is 249 g/mol. The fourth-order valence-corrected chi connectivity index (χ4v) is 1.83. The molecule has 1 atom stereocenters. The summed E-state index contributed by atoms with van der Waals surface area (Å²) in [5.41, 5.74) is 1.30. The summed E-state index contributed by atoms with van der Waals surface area (Å²) in [4.78, 5) is 6.73. The number of nitrogens with one attached hydrogen (secondary N) is 1. The summed E-state index contributed by atoms with van der Waals surface area (Å²) in [6, 6.07) is 4.76. The van der Waals surface area contributed by atoms with E-state index in [1.54, 1.807) is 0 Å². The topological polar surface area (TPSA) is 28.2 Å². The lowest BCUT2D eigenvalue weighted by Crippen LogP contribution is -2.33. The maximum atomic E-state index is 4.47. The van der Waals surface area contributed by atoms with E-state index in [2.05, 4.69) is 62.1 Å². The Kier molecular flexibility index (Phi) is 6.13. The minimum absolute atomic E-state index is 0.497. The first-order valence-electron chi connectivity index (χ1n) is 6.94. The van der Waals surface area contributed by atoms with Gasteiger partial charge in [0.2, 0.25) is 0 Å². The molecule has 3 heteroatoms. The van der Waals surface area contributed by atoms with Crippen molar-refractivity contribution in [1.29, 1.82) is 0 Å². The molecule has 1 rings (SSSR count). The molecule has 0 aliphatic rings. The largest absolute Gasteiger partial charge is 0.357 e. The Balaban J connectivity index is 2.69. The van der Waals surface area contributed by atoms with E-state index in [-0.39, 0.29) is 0 Å². The van der Waals surface area contributed by atoms with E-state index in [1.165, 1.54) is 12.0 Å². The maximum absolute atomic E-state index is 4.47. The predicted molar refractivity (Wildman–Crippen MR) is 78.9 cm³/mol. The molecule has 3 nitrogen and oxygen atoms in total. The molecule has 0 radical (unpaired) electrons. The summed E-state index contributed by atoms with van der Waals surface area (Å²) in [6.45, 7) is 10.9. The summed E-state index contributed by atoms with van der Waals surface area (Å²) < 4.78 is 0. The molecule has 0 amide bonds. The van der Waals surface area contributed by atoms with E-state index in [0.29, 0.717) is 12.0 Å². The Hall–Kier alpha value is -1.09. The average Bonchev–Trinajstić information content (AvgIpc) is 2.37. The van der Waals surface area contributed by atoms with Gasteiger partial charge in [0.1, 0.15) is 5.82 Å². The van der Waals surface area contributed by atoms with Crippen LogP contribution in [0.1, 0.15) is 39.7 Å². The number of rotatable bonds is 7. The lowest BCUT2D eigenvalue weighted by molar-refractivity contribution is 0.502. The van der Waals surface area contributed by atoms with Gasteiger partial charge >= 0.3 is 0 Å². The molecule has 0 spiro atoms. The highest BCUT2D eigenvalue weighted by atomic mass is 15.2. The minimum Gasteiger partial charge on any atom is -0.357 e. The van der Waals surface area contributed by atoms with Gasteiger partial charge in [0.25, 0.3) is 0 Å². The van der Waals surface area contributed by atoms with Crippen LogP contribution < -0.4 is 10.2 Å². The molecule has 0 bridgehead atoms. The number of pyridine rings is 1. The van der Waals surface area contributed by atoms with Crippen LogP contribution in [-0.2, 0) is 6.54 Å². The van der Waals surface area contributed by atoms with Gasteiger partial charge in [-0.25, -0.2) is 4.98 Å². The summed E-state index contributed by atoms with van der Waals surface area (Å²) in [5, 5.41) is 3.42. The molecule has 0 aromatic carbocycles. The molecule has 0 saturated heterocycles. The van der Waals surface area contributed by atoms with E-state index >= 15 is 0 Å². The van der Waals surface area contributed by atoms with E-state index in [0.717, 1.165) is 18.9 Å². The van der Waals surface area contributed by atoms with Crippen molar-refractivity contribution in [1.82, 2.24) is 10.3 Å². The number of hydrogen-bond donors (Lipinski definition) is 1. The summed E-state index contributed by atoms with van der Waals surface area (Å²) >= 11 is 0. The van der Waals surface area contributed by atoms with Gasteiger partial charge < -0.3 is 10.2 Å². The summed E-state index contributed by atoms with van der Waals surface area (Å²) in [5.74, 6) is 1.69. The van der Waals surface area contributed by atoms with Crippen molar-refractivity contribution in [3.05, 3.63) is 23.9 Å². The fraction of sp³-hybridized carbons (Fsp3) is 0.667. The Labute approximate surface area is 112 Å². The molecular weight excluding hydrogens is 222 g/mol. The third kappa shape index (κ3) is 4.30. The first-order chi connectivity index (χ1) is 8.56. The molecular formula is C15H27N3. The zero-order valence-electron chi connectivity index (χ0n) is 12.4. The number of anilines is 1. The highest BCUT2D eigenvalue weighted by Crippen LogP contribution is 2.17. The molecule has 102 valence electrons. The first kappa shape index (κ1) is 15.0. The van der Waals surface area contributed by atoms with Gasteiger partial charge in [-0.1, -0.05) is 20.8 Å². The van der Waals surface area contributed by atoms with Gasteiger partial charge in [0.05, 0.1) is 0 Å². The Morgan fingerprint density at radius 2 is 2.06 bits per heavy atom. The third-order valence-corrected chi connectivity index (χ3v) is 3.50. The van der Waals surface area contributed by atoms with Crippen molar-refractivity contribution in [2.75, 3.05) is 18.5 Å². The highest BCUT2D eigenvalue weighted by Gasteiger charge is 2.14. The predicted octanol–water partition coefficient (Wildman–Crippen LogP) is 3.06. The van der Waals surface area contributed by atoms with Crippen LogP contribution in [0.4, 0.5) is 5.82 Å². The lowest BCUT2D eigenvalue weighted by atomic mass is 10.1. The van der Waals surface area contributed by atoms with Crippen LogP contribution in [0, 0.1) is 5.92 Å². The number of hydrogen-bond acceptors (Lipinski definition) is 3. The molecule has 0 saturated carbocycles. The zero-order chi connectivity index (χ0) is 13.5. The molecule has 0 aliphatic heterocycles. The second-order valence-corrected chi connectivity index (χ2v) is 5.29. The van der Waals surface area contributed by atoms with Gasteiger partial charge in [-0.3, -0.25) is 0 Å². The van der Waals surface area contributed by atoms with Crippen molar-refractivity contribution < 1.29 is 0 Å². The molecule has 1 unspecified atom stereocenters. The van der Waals surface area contributed by atoms with Gasteiger partial charge in [-0.05, 0) is 43.5 Å². The Morgan fingerprint density at radius 3 is 2.67 bits per heavy atom. The average molecular weight is 249 g/mol. The Morgan fingerprint density at radius 1 is 1.33 bits per heavy atom. The third-order valence-electron chi connectivity index (χ3n) is 3.50. The van der Waals surface area contributed by atoms with Crippen LogP contribution in [0.25, 0.3) is 0 Å². The van der Waals surface area contributed by atoms with Crippen molar-refractivity contribution in [2.24, 2.45) is 5.92 Å². The van der Waals surface area contributed by atoms with E-state index in [9.17, 15) is 0 Å². The molecule has 18 heavy (non-hydrogen) atoms. The molecule has 0 aliphatic carbocycles. The van der Waals surface area contributed by atoms with Crippen molar-refractivity contribution >= 4 is 5.82 Å². The number of nitrogens with zero attached hydrogens (tertiary/aromatic N) is 2. The van der Waals surface area contributed by atoms with Crippen LogP contribution in [0.3, 0.4) is 0 Å². The standard InChI is InChI=1S/C15H27N3/c1-6-8-16-11-14-7-9-17-15(10-14)18(5)13(4)12(2)3/h7,9-10,12-13,16H,6,8,11H2,1-5H3. The lowest BCUT2D eigenvalue weighted by Gasteiger charge is -2.29. The van der Waals surface area contributed by atoms with Gasteiger partial charge in [-0.15, -0.1) is 0 Å². The summed E-state index contributed by atoms with van der Waals surface area (Å²) in [6.07, 6.45) is 3.07. The van der Waals surface area contributed by atoms with E-state index in [1.807, 2.05) is 6.20 Å². The molecule has 1 heterocycles. The van der Waals surface area contributed by atoms with Crippen LogP contribution in [-0.4, -0.2) is 24.6 Å². The molecule has 0 fully saturated rings. The second-order valence-electron chi connectivity index (χ2n) is 5.29. The van der Waals surface area contributed by atoms with E-state index in [4.69, 9.17) is 0 Å². The normalized spacial score (nSPS) is 12.8. The van der Waals surface area contributed by atoms with Gasteiger partial charge in [-0.2, -0.15) is 0 Å². The Bertz CT molecular complexity index is 349. The minimum atomic E-state index is 0.497. The van der Waals surface area contributed by atoms with E-state index < -0.39 is 0 Å². The first-order valence-corrected chi connectivity index (χ1v) is 6.94. The molecule has 1 N–H and O–H groups in total. The van der Waals surface area contributed by atoms with Crippen LogP contribution >= 0.6 is 0 Å². The smallest absolute Gasteiger partial charge is 0.128 e. The van der Waals surface area contributed by atoms with Crippen molar-refractivity contribution in [3.63, 3.8) is 0 Å². The summed E-state index contributed by atoms with van der Waals surface area (Å²) in [7, 11) is 2.12. The maximum Gasteiger partial charge on any atom is 0.128 e. The number of aromatic nitrogens is 1. The molecule has 1 aromatic rings. The van der Waals surface area contributed by atoms with Gasteiger partial charge in [0, 0.05) is 25.8 Å². The van der Waals surface area contributed by atoms with Crippen LogP contribution in [0.5, 0.6) is 0 Å².